The molecule has 0 aliphatic carbocycles. The Bertz CT molecular complexity index is 591. The Balaban J connectivity index is 1.97. The average molecular weight is 244 g/mol. The minimum absolute atomic E-state index is 0.104. The number of hydrogen-bond donors (Lipinski definition) is 1. The van der Waals surface area contributed by atoms with E-state index in [9.17, 15) is 4.79 Å². The summed E-state index contributed by atoms with van der Waals surface area (Å²) in [4.78, 5) is 22.9. The third-order valence-electron chi connectivity index (χ3n) is 3.64. The van der Waals surface area contributed by atoms with Gasteiger partial charge in [0.25, 0.3) is 0 Å². The van der Waals surface area contributed by atoms with Crippen LogP contribution < -0.4 is 0 Å². The number of H-pyrrole nitrogens is 1. The van der Waals surface area contributed by atoms with E-state index in [1.807, 2.05) is 24.9 Å². The highest BCUT2D eigenvalue weighted by Crippen LogP contribution is 2.29. The normalized spacial score (nSPS) is 20.1. The van der Waals surface area contributed by atoms with Crippen molar-refractivity contribution in [1.82, 2.24) is 19.8 Å². The molecule has 0 bridgehead atoms. The van der Waals surface area contributed by atoms with E-state index in [1.54, 1.807) is 11.2 Å². The van der Waals surface area contributed by atoms with Crippen molar-refractivity contribution in [3.8, 4) is 0 Å². The highest BCUT2D eigenvalue weighted by molar-refractivity contribution is 5.79. The SMILES string of the molecule is CCN1CC(c2ccc3nc[nH]c3c2)N(C)C1=O. The highest BCUT2D eigenvalue weighted by Gasteiger charge is 2.34. The molecule has 0 spiro atoms. The molecule has 1 aromatic carbocycles. The Morgan fingerprint density at radius 2 is 2.33 bits per heavy atom. The fraction of sp³-hybridized carbons (Fsp3) is 0.385. The molecule has 1 saturated heterocycles. The molecule has 18 heavy (non-hydrogen) atoms. The fourth-order valence-corrected chi connectivity index (χ4v) is 2.52. The maximum absolute atomic E-state index is 12.0. The first-order valence-corrected chi connectivity index (χ1v) is 6.15. The summed E-state index contributed by atoms with van der Waals surface area (Å²) in [5.41, 5.74) is 3.12. The van der Waals surface area contributed by atoms with Crippen LogP contribution in [0.2, 0.25) is 0 Å². The third kappa shape index (κ3) is 1.54. The Hall–Kier alpha value is -2.04. The Kier molecular flexibility index (Phi) is 2.47. The van der Waals surface area contributed by atoms with Crippen LogP contribution in [0.1, 0.15) is 18.5 Å². The number of carbonyl (C=O) groups is 1. The van der Waals surface area contributed by atoms with Gasteiger partial charge < -0.3 is 14.8 Å². The van der Waals surface area contributed by atoms with E-state index in [4.69, 9.17) is 0 Å². The van der Waals surface area contributed by atoms with Gasteiger partial charge in [0.15, 0.2) is 0 Å². The van der Waals surface area contributed by atoms with Crippen molar-refractivity contribution >= 4 is 17.1 Å². The number of nitrogens with one attached hydrogen (secondary N) is 1. The predicted octanol–water partition coefficient (Wildman–Crippen LogP) is 1.99. The van der Waals surface area contributed by atoms with Gasteiger partial charge in [-0.25, -0.2) is 9.78 Å². The molecule has 1 unspecified atom stereocenters. The van der Waals surface area contributed by atoms with Gasteiger partial charge in [0.1, 0.15) is 0 Å². The zero-order valence-electron chi connectivity index (χ0n) is 10.6. The lowest BCUT2D eigenvalue weighted by atomic mass is 10.1. The number of hydrogen-bond acceptors (Lipinski definition) is 2. The van der Waals surface area contributed by atoms with Crippen molar-refractivity contribution in [3.63, 3.8) is 0 Å². The molecule has 1 fully saturated rings. The summed E-state index contributed by atoms with van der Waals surface area (Å²) in [6, 6.07) is 6.36. The molecule has 1 aliphatic heterocycles. The van der Waals surface area contributed by atoms with E-state index in [2.05, 4.69) is 22.1 Å². The van der Waals surface area contributed by atoms with Crippen molar-refractivity contribution in [2.24, 2.45) is 0 Å². The molecule has 2 amide bonds. The number of carbonyl (C=O) groups excluding carboxylic acids is 1. The van der Waals surface area contributed by atoms with E-state index in [0.717, 1.165) is 29.7 Å². The minimum atomic E-state index is 0.104. The molecule has 0 saturated carbocycles. The van der Waals surface area contributed by atoms with Crippen LogP contribution in [0.15, 0.2) is 24.5 Å². The van der Waals surface area contributed by atoms with Gasteiger partial charge in [-0.05, 0) is 24.6 Å². The molecule has 5 heteroatoms. The van der Waals surface area contributed by atoms with Gasteiger partial charge in [-0.1, -0.05) is 6.07 Å². The quantitative estimate of drug-likeness (QED) is 0.878. The van der Waals surface area contributed by atoms with Crippen LogP contribution in [-0.4, -0.2) is 45.9 Å². The van der Waals surface area contributed by atoms with Gasteiger partial charge in [0.2, 0.25) is 0 Å². The van der Waals surface area contributed by atoms with Crippen molar-refractivity contribution in [2.45, 2.75) is 13.0 Å². The lowest BCUT2D eigenvalue weighted by molar-refractivity contribution is 0.197. The second-order valence-corrected chi connectivity index (χ2v) is 4.63. The van der Waals surface area contributed by atoms with Gasteiger partial charge in [0.05, 0.1) is 23.4 Å². The molecule has 3 rings (SSSR count). The van der Waals surface area contributed by atoms with E-state index >= 15 is 0 Å². The minimum Gasteiger partial charge on any atom is -0.345 e. The molecule has 94 valence electrons. The zero-order valence-corrected chi connectivity index (χ0v) is 10.6. The van der Waals surface area contributed by atoms with Crippen LogP contribution in [0, 0.1) is 0 Å². The molecule has 0 radical (unpaired) electrons. The standard InChI is InChI=1S/C13H16N4O/c1-3-17-7-12(16(2)13(17)18)9-4-5-10-11(6-9)15-8-14-10/h4-6,8,12H,3,7H2,1-2H3,(H,14,15). The number of urea groups is 1. The Morgan fingerprint density at radius 3 is 3.06 bits per heavy atom. The number of nitrogens with zero attached hydrogens (tertiary/aromatic N) is 3. The predicted molar refractivity (Wildman–Crippen MR) is 69.2 cm³/mol. The molecule has 1 aliphatic rings. The van der Waals surface area contributed by atoms with Gasteiger partial charge in [-0.3, -0.25) is 0 Å². The molecular weight excluding hydrogens is 228 g/mol. The second-order valence-electron chi connectivity index (χ2n) is 4.63. The Labute approximate surface area is 105 Å². The van der Waals surface area contributed by atoms with E-state index < -0.39 is 0 Å². The largest absolute Gasteiger partial charge is 0.345 e. The van der Waals surface area contributed by atoms with Crippen LogP contribution in [0.5, 0.6) is 0 Å². The van der Waals surface area contributed by atoms with Crippen LogP contribution >= 0.6 is 0 Å². The smallest absolute Gasteiger partial charge is 0.320 e. The summed E-state index contributed by atoms with van der Waals surface area (Å²) in [6.07, 6.45) is 1.69. The van der Waals surface area contributed by atoms with Gasteiger partial charge >= 0.3 is 6.03 Å². The summed E-state index contributed by atoms with van der Waals surface area (Å²) < 4.78 is 0. The molecule has 2 aromatic rings. The third-order valence-corrected chi connectivity index (χ3v) is 3.64. The number of likely N-dealkylation sites (N-methyl/N-ethyl adjacent to an activating group) is 2. The first-order valence-electron chi connectivity index (χ1n) is 6.15. The monoisotopic (exact) mass is 244 g/mol. The van der Waals surface area contributed by atoms with Crippen molar-refractivity contribution < 1.29 is 4.79 Å². The fourth-order valence-electron chi connectivity index (χ4n) is 2.52. The van der Waals surface area contributed by atoms with E-state index in [-0.39, 0.29) is 12.1 Å². The number of imidazole rings is 1. The highest BCUT2D eigenvalue weighted by atomic mass is 16.2. The van der Waals surface area contributed by atoms with Gasteiger partial charge in [-0.2, -0.15) is 0 Å². The molecule has 1 N–H and O–H groups in total. The van der Waals surface area contributed by atoms with Crippen molar-refractivity contribution in [1.29, 1.82) is 0 Å². The molecular formula is C13H16N4O. The van der Waals surface area contributed by atoms with E-state index in [0.29, 0.717) is 0 Å². The first kappa shape index (κ1) is 11.1. The Morgan fingerprint density at radius 1 is 1.50 bits per heavy atom. The van der Waals surface area contributed by atoms with Crippen LogP contribution in [-0.2, 0) is 0 Å². The van der Waals surface area contributed by atoms with Crippen molar-refractivity contribution in [3.05, 3.63) is 30.1 Å². The van der Waals surface area contributed by atoms with Crippen LogP contribution in [0.25, 0.3) is 11.0 Å². The summed E-state index contributed by atoms with van der Waals surface area (Å²) in [5.74, 6) is 0. The van der Waals surface area contributed by atoms with Crippen LogP contribution in [0.4, 0.5) is 4.79 Å². The zero-order chi connectivity index (χ0) is 12.7. The average Bonchev–Trinajstić information content (AvgIpc) is 2.95. The maximum Gasteiger partial charge on any atom is 0.320 e. The molecule has 2 heterocycles. The first-order chi connectivity index (χ1) is 8.70. The maximum atomic E-state index is 12.0. The molecule has 5 nitrogen and oxygen atoms in total. The van der Waals surface area contributed by atoms with Gasteiger partial charge in [-0.15, -0.1) is 0 Å². The summed E-state index contributed by atoms with van der Waals surface area (Å²) in [6.45, 7) is 3.52. The van der Waals surface area contributed by atoms with Crippen molar-refractivity contribution in [2.75, 3.05) is 20.1 Å². The number of amides is 2. The molecule has 1 aromatic heterocycles. The summed E-state index contributed by atoms with van der Waals surface area (Å²) in [5, 5.41) is 0. The lowest BCUT2D eigenvalue weighted by Gasteiger charge is -2.17. The topological polar surface area (TPSA) is 52.2 Å². The number of fused-ring (bicyclic) bond motifs is 1. The van der Waals surface area contributed by atoms with E-state index in [1.165, 1.54) is 0 Å². The van der Waals surface area contributed by atoms with Gasteiger partial charge in [0, 0.05) is 20.1 Å². The number of benzene rings is 1. The summed E-state index contributed by atoms with van der Waals surface area (Å²) in [7, 11) is 1.86. The van der Waals surface area contributed by atoms with Crippen LogP contribution in [0.3, 0.4) is 0 Å². The lowest BCUT2D eigenvalue weighted by Crippen LogP contribution is -2.29. The molecule has 1 atom stereocenters. The number of aromatic amines is 1. The second kappa shape index (κ2) is 4.01. The number of rotatable bonds is 2. The number of aromatic nitrogens is 2. The summed E-state index contributed by atoms with van der Waals surface area (Å²) >= 11 is 0.